The molecule has 0 saturated carbocycles. The number of aliphatic hydroxyl groups is 1. The van der Waals surface area contributed by atoms with E-state index in [-0.39, 0.29) is 6.10 Å². The Balaban J connectivity index is 0.000000463. The average molecular weight is 344 g/mol. The third-order valence-corrected chi connectivity index (χ3v) is 2.96. The Morgan fingerprint density at radius 1 is 0.826 bits per heavy atom. The van der Waals surface area contributed by atoms with E-state index < -0.39 is 10.2 Å². The van der Waals surface area contributed by atoms with Crippen molar-refractivity contribution in [3.8, 4) is 0 Å². The number of aromatic nitrogens is 2. The third-order valence-electron chi connectivity index (χ3n) is 2.96. The van der Waals surface area contributed by atoms with Gasteiger partial charge in [0.1, 0.15) is 0 Å². The van der Waals surface area contributed by atoms with E-state index in [1.807, 2.05) is 58.2 Å². The van der Waals surface area contributed by atoms with E-state index in [2.05, 4.69) is 13.8 Å². The van der Waals surface area contributed by atoms with Gasteiger partial charge in [-0.1, -0.05) is 0 Å². The minimum atomic E-state index is -4.94. The SMILES string of the molecule is Cc1cc[n+](CC(O)C[n+]2ccc(C)cc2)cc1.[O-][Cl+3]([O-])([O-])[O-]. The van der Waals surface area contributed by atoms with E-state index in [1.165, 1.54) is 11.1 Å². The molecular weight excluding hydrogens is 324 g/mol. The molecule has 0 aliphatic carbocycles. The molecule has 7 nitrogen and oxygen atoms in total. The monoisotopic (exact) mass is 343 g/mol. The number of aryl methyl sites for hydroxylation is 2. The number of aliphatic hydroxyl groups excluding tert-OH is 1. The lowest BCUT2D eigenvalue weighted by molar-refractivity contribution is -2.00. The molecule has 2 aromatic heterocycles. The third kappa shape index (κ3) is 9.90. The van der Waals surface area contributed by atoms with Crippen molar-refractivity contribution in [3.05, 3.63) is 60.2 Å². The van der Waals surface area contributed by atoms with Crippen LogP contribution in [0.15, 0.2) is 49.1 Å². The molecule has 8 heteroatoms. The minimum absolute atomic E-state index is 0.384. The van der Waals surface area contributed by atoms with E-state index in [1.54, 1.807) is 0 Å². The van der Waals surface area contributed by atoms with Gasteiger partial charge in [0.2, 0.25) is 0 Å². The van der Waals surface area contributed by atoms with Crippen molar-refractivity contribution < 1.29 is 43.1 Å². The van der Waals surface area contributed by atoms with Gasteiger partial charge < -0.3 is 5.11 Å². The first kappa shape index (κ1) is 19.4. The normalized spacial score (nSPS) is 11.1. The molecule has 2 aromatic rings. The lowest BCUT2D eigenvalue weighted by Gasteiger charge is -2.17. The van der Waals surface area contributed by atoms with Gasteiger partial charge in [-0.15, -0.1) is 10.2 Å². The Kier molecular flexibility index (Phi) is 7.50. The smallest absolute Gasteiger partial charge is 0.180 e. The summed E-state index contributed by atoms with van der Waals surface area (Å²) in [5.41, 5.74) is 2.46. The number of nitrogens with zero attached hydrogens (tertiary/aromatic N) is 2. The summed E-state index contributed by atoms with van der Waals surface area (Å²) in [7, 11) is -4.94. The second-order valence-corrected chi connectivity index (χ2v) is 5.93. The average Bonchev–Trinajstić information content (AvgIpc) is 2.42. The summed E-state index contributed by atoms with van der Waals surface area (Å²) >= 11 is 0. The second kappa shape index (κ2) is 8.88. The van der Waals surface area contributed by atoms with Crippen LogP contribution < -0.4 is 27.8 Å². The topological polar surface area (TPSA) is 120 Å². The standard InChI is InChI=1S/C15H20N2O.ClHO4/c1-13-3-7-16(8-4-13)11-15(18)12-17-9-5-14(2)6-10-17;2-1(3,4)5/h3-10,15,18H,11-12H2,1-2H3;(H,2,3,4,5)/q+2;/p-1. The van der Waals surface area contributed by atoms with Crippen molar-refractivity contribution in [2.75, 3.05) is 0 Å². The van der Waals surface area contributed by atoms with Gasteiger partial charge in [-0.3, -0.25) is 0 Å². The van der Waals surface area contributed by atoms with Crippen molar-refractivity contribution >= 4 is 0 Å². The van der Waals surface area contributed by atoms with Crippen LogP contribution in [0.3, 0.4) is 0 Å². The fourth-order valence-electron chi connectivity index (χ4n) is 1.85. The molecule has 0 unspecified atom stereocenters. The van der Waals surface area contributed by atoms with Crippen LogP contribution in [0.2, 0.25) is 0 Å². The molecule has 0 bridgehead atoms. The summed E-state index contributed by atoms with van der Waals surface area (Å²) in [6, 6.07) is 8.19. The molecule has 2 rings (SSSR count). The Labute approximate surface area is 137 Å². The first-order valence-electron chi connectivity index (χ1n) is 6.85. The van der Waals surface area contributed by atoms with Crippen LogP contribution in [0, 0.1) is 24.1 Å². The first-order chi connectivity index (χ1) is 10.6. The highest BCUT2D eigenvalue weighted by Crippen LogP contribution is 1.93. The molecule has 0 radical (unpaired) electrons. The minimum Gasteiger partial charge on any atom is -0.381 e. The van der Waals surface area contributed by atoms with Gasteiger partial charge in [-0.25, -0.2) is 27.8 Å². The summed E-state index contributed by atoms with van der Waals surface area (Å²) < 4.78 is 38.0. The predicted molar refractivity (Wildman–Crippen MR) is 68.8 cm³/mol. The van der Waals surface area contributed by atoms with E-state index in [4.69, 9.17) is 18.6 Å². The molecule has 0 saturated heterocycles. The summed E-state index contributed by atoms with van der Waals surface area (Å²) in [5.74, 6) is 0. The van der Waals surface area contributed by atoms with Crippen LogP contribution in [0.25, 0.3) is 0 Å². The van der Waals surface area contributed by atoms with Gasteiger partial charge in [-0.2, -0.15) is 0 Å². The summed E-state index contributed by atoms with van der Waals surface area (Å²) in [4.78, 5) is 0. The Morgan fingerprint density at radius 2 is 1.09 bits per heavy atom. The highest BCUT2D eigenvalue weighted by atomic mass is 35.7. The fraction of sp³-hybridized carbons (Fsp3) is 0.333. The first-order valence-corrected chi connectivity index (χ1v) is 8.08. The van der Waals surface area contributed by atoms with Crippen LogP contribution in [0.1, 0.15) is 11.1 Å². The van der Waals surface area contributed by atoms with Gasteiger partial charge >= 0.3 is 0 Å². The molecule has 0 aliphatic rings. The zero-order chi connectivity index (χ0) is 17.5. The maximum atomic E-state index is 10.1. The summed E-state index contributed by atoms with van der Waals surface area (Å²) in [6.45, 7) is 5.34. The van der Waals surface area contributed by atoms with Crippen LogP contribution in [-0.4, -0.2) is 11.2 Å². The number of rotatable bonds is 4. The lowest BCUT2D eigenvalue weighted by atomic mass is 10.2. The largest absolute Gasteiger partial charge is 0.381 e. The summed E-state index contributed by atoms with van der Waals surface area (Å²) in [6.07, 6.45) is 7.61. The van der Waals surface area contributed by atoms with Crippen LogP contribution in [-0.2, 0) is 13.1 Å². The number of pyridine rings is 2. The van der Waals surface area contributed by atoms with Crippen LogP contribution in [0.5, 0.6) is 0 Å². The Bertz CT molecular complexity index is 531. The van der Waals surface area contributed by atoms with E-state index in [0.29, 0.717) is 13.1 Å². The predicted octanol–water partition coefficient (Wildman–Crippen LogP) is -3.82. The van der Waals surface area contributed by atoms with Crippen molar-refractivity contribution in [2.24, 2.45) is 0 Å². The quantitative estimate of drug-likeness (QED) is 0.570. The van der Waals surface area contributed by atoms with Gasteiger partial charge in [0.25, 0.3) is 0 Å². The van der Waals surface area contributed by atoms with E-state index in [9.17, 15) is 5.11 Å². The van der Waals surface area contributed by atoms with Crippen molar-refractivity contribution in [3.63, 3.8) is 0 Å². The number of hydrogen-bond donors (Lipinski definition) is 1. The molecule has 0 amide bonds. The molecule has 126 valence electrons. The van der Waals surface area contributed by atoms with Gasteiger partial charge in [-0.05, 0) is 25.0 Å². The zero-order valence-corrected chi connectivity index (χ0v) is 13.7. The Hall–Kier alpha value is -1.61. The maximum Gasteiger partial charge on any atom is 0.180 e. The van der Waals surface area contributed by atoms with Gasteiger partial charge in [0.05, 0.1) is 0 Å². The van der Waals surface area contributed by atoms with E-state index in [0.717, 1.165) is 0 Å². The zero-order valence-electron chi connectivity index (χ0n) is 13.0. The fourth-order valence-corrected chi connectivity index (χ4v) is 1.85. The molecule has 0 atom stereocenters. The molecular formula is C15H20ClN2O5+. The van der Waals surface area contributed by atoms with Crippen molar-refractivity contribution in [2.45, 2.75) is 33.0 Å². The van der Waals surface area contributed by atoms with Crippen LogP contribution in [0.4, 0.5) is 0 Å². The second-order valence-electron chi connectivity index (χ2n) is 5.18. The van der Waals surface area contributed by atoms with Crippen molar-refractivity contribution in [1.82, 2.24) is 0 Å². The molecule has 0 fully saturated rings. The van der Waals surface area contributed by atoms with Crippen LogP contribution >= 0.6 is 0 Å². The lowest BCUT2D eigenvalue weighted by Crippen LogP contribution is -2.68. The highest BCUT2D eigenvalue weighted by molar-refractivity contribution is 5.03. The highest BCUT2D eigenvalue weighted by Gasteiger charge is 2.15. The Morgan fingerprint density at radius 3 is 1.35 bits per heavy atom. The van der Waals surface area contributed by atoms with Gasteiger partial charge in [0, 0.05) is 24.3 Å². The van der Waals surface area contributed by atoms with E-state index >= 15 is 0 Å². The molecule has 23 heavy (non-hydrogen) atoms. The summed E-state index contributed by atoms with van der Waals surface area (Å²) in [5, 5.41) is 10.1. The van der Waals surface area contributed by atoms with Gasteiger partial charge in [0.15, 0.2) is 44.0 Å². The molecule has 2 heterocycles. The molecule has 1 N–H and O–H groups in total. The molecule has 0 spiro atoms. The number of halogens is 1. The molecule has 0 aromatic carbocycles. The molecule has 0 aliphatic heterocycles. The maximum absolute atomic E-state index is 10.1. The number of hydrogen-bond acceptors (Lipinski definition) is 5. The van der Waals surface area contributed by atoms with Crippen molar-refractivity contribution in [1.29, 1.82) is 0 Å².